The predicted molar refractivity (Wildman–Crippen MR) is 122 cm³/mol. The van der Waals surface area contributed by atoms with E-state index < -0.39 is 0 Å². The van der Waals surface area contributed by atoms with Gasteiger partial charge in [-0.25, -0.2) is 4.39 Å². The summed E-state index contributed by atoms with van der Waals surface area (Å²) >= 11 is 0. The zero-order chi connectivity index (χ0) is 21.9. The van der Waals surface area contributed by atoms with Crippen molar-refractivity contribution in [2.45, 2.75) is 19.8 Å². The Morgan fingerprint density at radius 1 is 1.10 bits per heavy atom. The van der Waals surface area contributed by atoms with Gasteiger partial charge in [0.2, 0.25) is 5.91 Å². The number of nitrogens with one attached hydrogen (secondary N) is 2. The number of hydrogen-bond acceptors (Lipinski definition) is 4. The number of rotatable bonds is 8. The third kappa shape index (κ3) is 7.24. The first kappa shape index (κ1) is 22.5. The molecule has 1 amide bonds. The predicted octanol–water partition coefficient (Wildman–Crippen LogP) is 2.06. The Kier molecular flexibility index (Phi) is 8.63. The van der Waals surface area contributed by atoms with Gasteiger partial charge in [-0.1, -0.05) is 6.07 Å². The molecule has 1 fully saturated rings. The SMILES string of the molecule is CCNC(=NCCC(=O)N1CCN(c2ccc(F)cc2)CC1)NCCc1ccccn1. The Hall–Kier alpha value is -3.16. The van der Waals surface area contributed by atoms with Crippen molar-refractivity contribution in [2.24, 2.45) is 4.99 Å². The third-order valence-electron chi connectivity index (χ3n) is 5.16. The lowest BCUT2D eigenvalue weighted by Crippen LogP contribution is -2.49. The minimum absolute atomic E-state index is 0.117. The molecule has 1 aromatic carbocycles. The standard InChI is InChI=1S/C23H31FN6O/c1-2-25-23(27-13-10-20-5-3-4-12-26-20)28-14-11-22(31)30-17-15-29(16-18-30)21-8-6-19(24)7-9-21/h3-9,12H,2,10-11,13-18H2,1H3,(H2,25,27,28). The van der Waals surface area contributed by atoms with Crippen molar-refractivity contribution in [3.05, 3.63) is 60.2 Å². The molecule has 0 saturated carbocycles. The van der Waals surface area contributed by atoms with Crippen LogP contribution in [-0.4, -0.2) is 67.6 Å². The van der Waals surface area contributed by atoms with Crippen LogP contribution in [0.1, 0.15) is 19.0 Å². The lowest BCUT2D eigenvalue weighted by Gasteiger charge is -2.36. The Morgan fingerprint density at radius 3 is 2.55 bits per heavy atom. The first-order valence-electron chi connectivity index (χ1n) is 10.9. The molecule has 0 aliphatic carbocycles. The summed E-state index contributed by atoms with van der Waals surface area (Å²) in [5, 5.41) is 6.50. The Morgan fingerprint density at radius 2 is 1.87 bits per heavy atom. The van der Waals surface area contributed by atoms with E-state index in [-0.39, 0.29) is 11.7 Å². The summed E-state index contributed by atoms with van der Waals surface area (Å²) < 4.78 is 13.1. The molecule has 2 N–H and O–H groups in total. The van der Waals surface area contributed by atoms with Crippen LogP contribution in [0.4, 0.5) is 10.1 Å². The van der Waals surface area contributed by atoms with Gasteiger partial charge in [-0.05, 0) is 43.3 Å². The molecule has 1 aromatic heterocycles. The molecule has 3 rings (SSSR count). The summed E-state index contributed by atoms with van der Waals surface area (Å²) in [6, 6.07) is 12.4. The molecule has 0 bridgehead atoms. The van der Waals surface area contributed by atoms with Crippen molar-refractivity contribution in [2.75, 3.05) is 50.7 Å². The number of halogens is 1. The molecule has 1 aliphatic heterocycles. The second kappa shape index (κ2) is 11.9. The molecular weight excluding hydrogens is 395 g/mol. The molecule has 1 saturated heterocycles. The van der Waals surface area contributed by atoms with Crippen molar-refractivity contribution in [1.29, 1.82) is 0 Å². The molecule has 166 valence electrons. The molecule has 1 aliphatic rings. The summed E-state index contributed by atoms with van der Waals surface area (Å²) in [5.74, 6) is 0.598. The maximum atomic E-state index is 13.1. The van der Waals surface area contributed by atoms with E-state index in [1.807, 2.05) is 30.0 Å². The lowest BCUT2D eigenvalue weighted by molar-refractivity contribution is -0.131. The maximum Gasteiger partial charge on any atom is 0.224 e. The molecule has 0 spiro atoms. The van der Waals surface area contributed by atoms with Crippen LogP contribution in [-0.2, 0) is 11.2 Å². The summed E-state index contributed by atoms with van der Waals surface area (Å²) in [7, 11) is 0. The van der Waals surface area contributed by atoms with E-state index in [0.29, 0.717) is 32.0 Å². The fraction of sp³-hybridized carbons (Fsp3) is 0.435. The van der Waals surface area contributed by atoms with Gasteiger partial charge in [-0.3, -0.25) is 14.8 Å². The van der Waals surface area contributed by atoms with Crippen LogP contribution in [0, 0.1) is 5.82 Å². The van der Waals surface area contributed by atoms with Crippen LogP contribution in [0.3, 0.4) is 0 Å². The van der Waals surface area contributed by atoms with Crippen molar-refractivity contribution in [3.8, 4) is 0 Å². The Balaban J connectivity index is 1.40. The highest BCUT2D eigenvalue weighted by atomic mass is 19.1. The minimum Gasteiger partial charge on any atom is -0.368 e. The number of nitrogens with zero attached hydrogens (tertiary/aromatic N) is 4. The molecule has 2 aromatic rings. The summed E-state index contributed by atoms with van der Waals surface area (Å²) in [6.07, 6.45) is 2.98. The lowest BCUT2D eigenvalue weighted by atomic mass is 10.2. The normalized spacial score (nSPS) is 14.5. The number of benzene rings is 1. The van der Waals surface area contributed by atoms with E-state index in [2.05, 4.69) is 25.5 Å². The first-order chi connectivity index (χ1) is 15.2. The highest BCUT2D eigenvalue weighted by molar-refractivity contribution is 5.81. The van der Waals surface area contributed by atoms with E-state index in [0.717, 1.165) is 44.0 Å². The highest BCUT2D eigenvalue weighted by Crippen LogP contribution is 2.17. The number of piperazine rings is 1. The average molecular weight is 427 g/mol. The number of guanidine groups is 1. The van der Waals surface area contributed by atoms with Crippen LogP contribution >= 0.6 is 0 Å². The molecule has 2 heterocycles. The van der Waals surface area contributed by atoms with Crippen LogP contribution < -0.4 is 15.5 Å². The number of aliphatic imine (C=N–C) groups is 1. The number of aromatic nitrogens is 1. The van der Waals surface area contributed by atoms with Crippen molar-refractivity contribution >= 4 is 17.6 Å². The Labute approximate surface area is 183 Å². The summed E-state index contributed by atoms with van der Waals surface area (Å²) in [4.78, 5) is 25.5. The largest absolute Gasteiger partial charge is 0.368 e. The zero-order valence-electron chi connectivity index (χ0n) is 18.1. The second-order valence-corrected chi connectivity index (χ2v) is 7.35. The maximum absolute atomic E-state index is 13.1. The van der Waals surface area contributed by atoms with Crippen molar-refractivity contribution in [1.82, 2.24) is 20.5 Å². The van der Waals surface area contributed by atoms with E-state index in [1.54, 1.807) is 18.3 Å². The van der Waals surface area contributed by atoms with Crippen LogP contribution in [0.25, 0.3) is 0 Å². The summed E-state index contributed by atoms with van der Waals surface area (Å²) in [5.41, 5.74) is 2.02. The minimum atomic E-state index is -0.235. The van der Waals surface area contributed by atoms with Gasteiger partial charge in [0.05, 0.1) is 6.54 Å². The highest BCUT2D eigenvalue weighted by Gasteiger charge is 2.21. The van der Waals surface area contributed by atoms with Gasteiger partial charge < -0.3 is 20.4 Å². The van der Waals surface area contributed by atoms with Crippen LogP contribution in [0.15, 0.2) is 53.7 Å². The van der Waals surface area contributed by atoms with E-state index in [4.69, 9.17) is 0 Å². The van der Waals surface area contributed by atoms with Gasteiger partial charge in [-0.2, -0.15) is 0 Å². The van der Waals surface area contributed by atoms with Gasteiger partial charge in [0.15, 0.2) is 5.96 Å². The first-order valence-corrected chi connectivity index (χ1v) is 10.9. The van der Waals surface area contributed by atoms with E-state index in [9.17, 15) is 9.18 Å². The Bertz CT molecular complexity index is 835. The molecule has 0 atom stereocenters. The third-order valence-corrected chi connectivity index (χ3v) is 5.16. The molecule has 31 heavy (non-hydrogen) atoms. The fourth-order valence-corrected chi connectivity index (χ4v) is 3.48. The van der Waals surface area contributed by atoms with Crippen molar-refractivity contribution < 1.29 is 9.18 Å². The number of pyridine rings is 1. The zero-order valence-corrected chi connectivity index (χ0v) is 18.1. The number of amides is 1. The van der Waals surface area contributed by atoms with Crippen LogP contribution in [0.5, 0.6) is 0 Å². The quantitative estimate of drug-likeness (QED) is 0.499. The molecule has 0 radical (unpaired) electrons. The molecule has 8 heteroatoms. The average Bonchev–Trinajstić information content (AvgIpc) is 2.80. The van der Waals surface area contributed by atoms with Gasteiger partial charge >= 0.3 is 0 Å². The topological polar surface area (TPSA) is 72.9 Å². The van der Waals surface area contributed by atoms with Gasteiger partial charge in [0.1, 0.15) is 5.82 Å². The fourth-order valence-electron chi connectivity index (χ4n) is 3.48. The number of carbonyl (C=O) groups is 1. The molecule has 0 unspecified atom stereocenters. The van der Waals surface area contributed by atoms with Crippen LogP contribution in [0.2, 0.25) is 0 Å². The van der Waals surface area contributed by atoms with Crippen molar-refractivity contribution in [3.63, 3.8) is 0 Å². The van der Waals surface area contributed by atoms with E-state index in [1.165, 1.54) is 12.1 Å². The molecule has 7 nitrogen and oxygen atoms in total. The summed E-state index contributed by atoms with van der Waals surface area (Å²) in [6.45, 7) is 6.77. The number of hydrogen-bond donors (Lipinski definition) is 2. The smallest absolute Gasteiger partial charge is 0.224 e. The monoisotopic (exact) mass is 426 g/mol. The van der Waals surface area contributed by atoms with Gasteiger partial charge in [0.25, 0.3) is 0 Å². The number of carbonyl (C=O) groups excluding carboxylic acids is 1. The number of anilines is 1. The molecular formula is C23H31FN6O. The van der Waals surface area contributed by atoms with Gasteiger partial charge in [0, 0.05) is 69.7 Å². The van der Waals surface area contributed by atoms with Gasteiger partial charge in [-0.15, -0.1) is 0 Å². The van der Waals surface area contributed by atoms with E-state index >= 15 is 0 Å². The second-order valence-electron chi connectivity index (χ2n) is 7.35.